The van der Waals surface area contributed by atoms with E-state index in [9.17, 15) is 4.79 Å². The summed E-state index contributed by atoms with van der Waals surface area (Å²) in [7, 11) is 0. The minimum atomic E-state index is -0.00425. The Morgan fingerprint density at radius 1 is 1.05 bits per heavy atom. The van der Waals surface area contributed by atoms with Gasteiger partial charge in [-0.2, -0.15) is 0 Å². The van der Waals surface area contributed by atoms with Gasteiger partial charge in [0.1, 0.15) is 0 Å². The summed E-state index contributed by atoms with van der Waals surface area (Å²) >= 11 is 0. The second kappa shape index (κ2) is 6.68. The largest absolute Gasteiger partial charge is 0.353 e. The molecule has 0 bridgehead atoms. The van der Waals surface area contributed by atoms with Gasteiger partial charge in [0.25, 0.3) is 0 Å². The minimum Gasteiger partial charge on any atom is -0.353 e. The maximum absolute atomic E-state index is 12.8. The molecule has 0 heterocycles. The number of nitrogens with two attached hydrogens (primary N) is 1. The van der Waals surface area contributed by atoms with Gasteiger partial charge in [-0.25, -0.2) is 0 Å². The van der Waals surface area contributed by atoms with Crippen molar-refractivity contribution in [3.8, 4) is 0 Å². The molecule has 0 spiro atoms. The first-order valence-electron chi connectivity index (χ1n) is 8.90. The molecule has 5 atom stereocenters. The Balaban J connectivity index is 2.02. The molecule has 0 saturated heterocycles. The number of carbonyl (C=O) groups excluding carboxylic acids is 1. The molecule has 3 heteroatoms. The molecule has 3 N–H and O–H groups in total. The average molecular weight is 294 g/mol. The first-order chi connectivity index (χ1) is 9.84. The molecule has 2 rings (SSSR count). The van der Waals surface area contributed by atoms with E-state index < -0.39 is 0 Å². The van der Waals surface area contributed by atoms with Crippen LogP contribution in [0.4, 0.5) is 0 Å². The van der Waals surface area contributed by atoms with Crippen LogP contribution in [-0.4, -0.2) is 18.0 Å². The van der Waals surface area contributed by atoms with Gasteiger partial charge in [-0.05, 0) is 42.9 Å². The number of hydrogen-bond donors (Lipinski definition) is 2. The van der Waals surface area contributed by atoms with E-state index in [0.29, 0.717) is 17.9 Å². The lowest BCUT2D eigenvalue weighted by Crippen LogP contribution is -2.53. The fourth-order valence-electron chi connectivity index (χ4n) is 4.31. The molecular formula is C18H34N2O. The van der Waals surface area contributed by atoms with Gasteiger partial charge < -0.3 is 11.1 Å². The third-order valence-electron chi connectivity index (χ3n) is 6.51. The molecule has 3 nitrogen and oxygen atoms in total. The fraction of sp³-hybridized carbons (Fsp3) is 0.944. The molecule has 0 aromatic carbocycles. The molecule has 1 amide bonds. The molecule has 0 aromatic heterocycles. The summed E-state index contributed by atoms with van der Waals surface area (Å²) in [6, 6.07) is 0.613. The summed E-state index contributed by atoms with van der Waals surface area (Å²) in [5, 5.41) is 3.39. The molecule has 2 fully saturated rings. The highest BCUT2D eigenvalue weighted by Gasteiger charge is 2.45. The van der Waals surface area contributed by atoms with E-state index in [1.807, 2.05) is 0 Å². The predicted molar refractivity (Wildman–Crippen MR) is 87.8 cm³/mol. The van der Waals surface area contributed by atoms with Gasteiger partial charge in [-0.15, -0.1) is 0 Å². The van der Waals surface area contributed by atoms with Crippen LogP contribution in [-0.2, 0) is 4.79 Å². The van der Waals surface area contributed by atoms with E-state index in [1.54, 1.807) is 0 Å². The number of hydrogen-bond acceptors (Lipinski definition) is 2. The van der Waals surface area contributed by atoms with Crippen LogP contribution >= 0.6 is 0 Å². The zero-order valence-corrected chi connectivity index (χ0v) is 14.3. The quantitative estimate of drug-likeness (QED) is 0.766. The summed E-state index contributed by atoms with van der Waals surface area (Å²) in [6.45, 7) is 8.94. The topological polar surface area (TPSA) is 55.1 Å². The van der Waals surface area contributed by atoms with Crippen LogP contribution in [0.5, 0.6) is 0 Å². The van der Waals surface area contributed by atoms with Crippen LogP contribution in [0, 0.1) is 23.2 Å². The lowest BCUT2D eigenvalue weighted by molar-refractivity contribution is -0.133. The molecule has 2 saturated carbocycles. The summed E-state index contributed by atoms with van der Waals surface area (Å²) < 4.78 is 0. The number of rotatable bonds is 2. The second-order valence-electron chi connectivity index (χ2n) is 8.13. The monoisotopic (exact) mass is 294 g/mol. The van der Waals surface area contributed by atoms with Crippen LogP contribution in [0.2, 0.25) is 0 Å². The van der Waals surface area contributed by atoms with Crippen molar-refractivity contribution in [1.82, 2.24) is 5.32 Å². The van der Waals surface area contributed by atoms with E-state index >= 15 is 0 Å². The van der Waals surface area contributed by atoms with Crippen molar-refractivity contribution in [3.05, 3.63) is 0 Å². The van der Waals surface area contributed by atoms with Gasteiger partial charge in [0.15, 0.2) is 0 Å². The van der Waals surface area contributed by atoms with Gasteiger partial charge in [-0.3, -0.25) is 4.79 Å². The Bertz CT molecular complexity index is 366. The minimum absolute atomic E-state index is 0.00425. The normalized spacial score (nSPS) is 40.3. The van der Waals surface area contributed by atoms with Gasteiger partial charge in [0.2, 0.25) is 5.91 Å². The first-order valence-corrected chi connectivity index (χ1v) is 8.90. The molecule has 2 aliphatic rings. The van der Waals surface area contributed by atoms with Crippen molar-refractivity contribution in [2.45, 2.75) is 84.7 Å². The maximum atomic E-state index is 12.8. The first kappa shape index (κ1) is 16.8. The van der Waals surface area contributed by atoms with E-state index in [4.69, 9.17) is 5.73 Å². The summed E-state index contributed by atoms with van der Waals surface area (Å²) in [5.41, 5.74) is 6.21. The van der Waals surface area contributed by atoms with Crippen LogP contribution in [0.1, 0.15) is 72.6 Å². The summed E-state index contributed by atoms with van der Waals surface area (Å²) in [6.07, 6.45) is 8.19. The third kappa shape index (κ3) is 3.61. The number of carbonyl (C=O) groups is 1. The van der Waals surface area contributed by atoms with E-state index in [2.05, 4.69) is 33.0 Å². The van der Waals surface area contributed by atoms with Crippen molar-refractivity contribution in [1.29, 1.82) is 0 Å². The van der Waals surface area contributed by atoms with Crippen molar-refractivity contribution in [2.24, 2.45) is 28.9 Å². The zero-order chi connectivity index (χ0) is 15.6. The molecule has 21 heavy (non-hydrogen) atoms. The molecule has 0 radical (unpaired) electrons. The van der Waals surface area contributed by atoms with Gasteiger partial charge in [0.05, 0.1) is 0 Å². The van der Waals surface area contributed by atoms with Crippen LogP contribution in [0.25, 0.3) is 0 Å². The number of amides is 1. The molecule has 0 aliphatic heterocycles. The Hall–Kier alpha value is -0.570. The standard InChI is InChI=1S/C18H34N2O/c1-12-8-6-5-7-9-16(12)20-17(21)14-10-11-15(19)13(2)18(14,3)4/h12-16H,5-11,19H2,1-4H3,(H,20,21). The van der Waals surface area contributed by atoms with Gasteiger partial charge in [-0.1, -0.05) is 47.0 Å². The highest BCUT2D eigenvalue weighted by Crippen LogP contribution is 2.44. The van der Waals surface area contributed by atoms with E-state index in [0.717, 1.165) is 19.3 Å². The smallest absolute Gasteiger partial charge is 0.223 e. The Morgan fingerprint density at radius 3 is 2.43 bits per heavy atom. The number of nitrogens with one attached hydrogen (secondary N) is 1. The highest BCUT2D eigenvalue weighted by molar-refractivity contribution is 5.80. The van der Waals surface area contributed by atoms with Crippen LogP contribution < -0.4 is 11.1 Å². The molecular weight excluding hydrogens is 260 g/mol. The van der Waals surface area contributed by atoms with Crippen molar-refractivity contribution in [3.63, 3.8) is 0 Å². The Labute approximate surface area is 130 Å². The molecule has 122 valence electrons. The zero-order valence-electron chi connectivity index (χ0n) is 14.3. The third-order valence-corrected chi connectivity index (χ3v) is 6.51. The molecule has 2 aliphatic carbocycles. The average Bonchev–Trinajstić information content (AvgIpc) is 2.61. The Morgan fingerprint density at radius 2 is 1.71 bits per heavy atom. The Kier molecular flexibility index (Phi) is 5.34. The van der Waals surface area contributed by atoms with Crippen LogP contribution in [0.3, 0.4) is 0 Å². The predicted octanol–water partition coefficient (Wildman–Crippen LogP) is 3.47. The lowest BCUT2D eigenvalue weighted by atomic mass is 9.61. The SMILES string of the molecule is CC1CCCCCC1NC(=O)C1CCC(N)C(C)C1(C)C. The molecule has 5 unspecified atom stereocenters. The van der Waals surface area contributed by atoms with E-state index in [-0.39, 0.29) is 23.3 Å². The summed E-state index contributed by atoms with van der Waals surface area (Å²) in [4.78, 5) is 12.8. The van der Waals surface area contributed by atoms with E-state index in [1.165, 1.54) is 25.7 Å². The van der Waals surface area contributed by atoms with Gasteiger partial charge in [0, 0.05) is 18.0 Å². The van der Waals surface area contributed by atoms with Crippen molar-refractivity contribution in [2.75, 3.05) is 0 Å². The lowest BCUT2D eigenvalue weighted by Gasteiger charge is -2.46. The van der Waals surface area contributed by atoms with Crippen molar-refractivity contribution < 1.29 is 4.79 Å². The second-order valence-corrected chi connectivity index (χ2v) is 8.13. The van der Waals surface area contributed by atoms with Crippen LogP contribution in [0.15, 0.2) is 0 Å². The maximum Gasteiger partial charge on any atom is 0.223 e. The fourth-order valence-corrected chi connectivity index (χ4v) is 4.31. The highest BCUT2D eigenvalue weighted by atomic mass is 16.2. The van der Waals surface area contributed by atoms with Crippen molar-refractivity contribution >= 4 is 5.91 Å². The summed E-state index contributed by atoms with van der Waals surface area (Å²) in [5.74, 6) is 1.40. The molecule has 0 aromatic rings. The van der Waals surface area contributed by atoms with Gasteiger partial charge >= 0.3 is 0 Å².